The van der Waals surface area contributed by atoms with Crippen molar-refractivity contribution < 1.29 is 28.6 Å². The average Bonchev–Trinajstić information content (AvgIpc) is 2.70. The molecule has 0 radical (unpaired) electrons. The van der Waals surface area contributed by atoms with Gasteiger partial charge in [-0.05, 0) is 62.3 Å². The van der Waals surface area contributed by atoms with Crippen LogP contribution in [0.15, 0.2) is 12.1 Å². The fraction of sp³-hybridized carbons (Fsp3) is 0.609. The number of rotatable bonds is 8. The van der Waals surface area contributed by atoms with Crippen molar-refractivity contribution in [2.45, 2.75) is 66.1 Å². The molecule has 0 bridgehead atoms. The zero-order valence-corrected chi connectivity index (χ0v) is 18.7. The number of methoxy groups -OCH3 is 1. The minimum absolute atomic E-state index is 0.0403. The standard InChI is InChI=1S/C23H33NO6/c1-6-8-22(26)29-17(4)30-23(27)24-10-7-9-18(14-24)12-20(25)19-11-15(2)16(3)21(13-19)28-5/h11,13,17-18H,6-10,12,14H2,1-5H3. The van der Waals surface area contributed by atoms with E-state index >= 15 is 0 Å². The van der Waals surface area contributed by atoms with E-state index in [0.29, 0.717) is 43.7 Å². The molecule has 7 nitrogen and oxygen atoms in total. The Hall–Kier alpha value is -2.57. The maximum absolute atomic E-state index is 12.8. The second-order valence-electron chi connectivity index (χ2n) is 7.89. The molecule has 0 aromatic heterocycles. The summed E-state index contributed by atoms with van der Waals surface area (Å²) < 4.78 is 15.7. The molecule has 2 rings (SSSR count). The SMILES string of the molecule is CCCC(=O)OC(C)OC(=O)N1CCCC(CC(=O)c2cc(C)c(C)c(OC)c2)C1. The van der Waals surface area contributed by atoms with Gasteiger partial charge in [-0.25, -0.2) is 4.79 Å². The molecule has 0 spiro atoms. The van der Waals surface area contributed by atoms with E-state index in [1.165, 1.54) is 6.92 Å². The first-order valence-electron chi connectivity index (χ1n) is 10.6. The van der Waals surface area contributed by atoms with Gasteiger partial charge in [-0.1, -0.05) is 6.92 Å². The molecular formula is C23H33NO6. The minimum Gasteiger partial charge on any atom is -0.496 e. The summed E-state index contributed by atoms with van der Waals surface area (Å²) in [4.78, 5) is 38.4. The normalized spacial score (nSPS) is 17.2. The van der Waals surface area contributed by atoms with Crippen LogP contribution in [0.25, 0.3) is 0 Å². The molecule has 1 aliphatic heterocycles. The van der Waals surface area contributed by atoms with Crippen molar-refractivity contribution in [2.75, 3.05) is 20.2 Å². The summed E-state index contributed by atoms with van der Waals surface area (Å²) in [5.74, 6) is 0.422. The molecule has 1 fully saturated rings. The largest absolute Gasteiger partial charge is 0.496 e. The molecule has 30 heavy (non-hydrogen) atoms. The van der Waals surface area contributed by atoms with Gasteiger partial charge in [0, 0.05) is 38.4 Å². The number of esters is 1. The highest BCUT2D eigenvalue weighted by Gasteiger charge is 2.28. The summed E-state index contributed by atoms with van der Waals surface area (Å²) in [6.07, 6.45) is 1.55. The number of piperidine rings is 1. The molecule has 1 heterocycles. The summed E-state index contributed by atoms with van der Waals surface area (Å²) in [6, 6.07) is 3.67. The van der Waals surface area contributed by atoms with Gasteiger partial charge in [-0.2, -0.15) is 0 Å². The smallest absolute Gasteiger partial charge is 0.412 e. The van der Waals surface area contributed by atoms with E-state index in [2.05, 4.69) is 0 Å². The molecule has 166 valence electrons. The molecule has 1 saturated heterocycles. The quantitative estimate of drug-likeness (QED) is 0.352. The minimum atomic E-state index is -0.929. The van der Waals surface area contributed by atoms with Crippen LogP contribution in [0.4, 0.5) is 4.79 Å². The molecule has 1 aromatic rings. The molecule has 1 amide bonds. The highest BCUT2D eigenvalue weighted by molar-refractivity contribution is 5.97. The average molecular weight is 420 g/mol. The summed E-state index contributed by atoms with van der Waals surface area (Å²) in [5.41, 5.74) is 2.67. The number of aryl methyl sites for hydroxylation is 1. The molecule has 0 saturated carbocycles. The van der Waals surface area contributed by atoms with Crippen molar-refractivity contribution in [1.82, 2.24) is 4.90 Å². The van der Waals surface area contributed by atoms with Crippen LogP contribution in [-0.2, 0) is 14.3 Å². The molecule has 2 atom stereocenters. The Morgan fingerprint density at radius 1 is 1.20 bits per heavy atom. The van der Waals surface area contributed by atoms with Crippen molar-refractivity contribution in [1.29, 1.82) is 0 Å². The van der Waals surface area contributed by atoms with Crippen LogP contribution in [0.2, 0.25) is 0 Å². The lowest BCUT2D eigenvalue weighted by atomic mass is 9.90. The lowest BCUT2D eigenvalue weighted by Crippen LogP contribution is -2.42. The van der Waals surface area contributed by atoms with E-state index in [1.54, 1.807) is 18.1 Å². The number of hydrogen-bond acceptors (Lipinski definition) is 6. The summed E-state index contributed by atoms with van der Waals surface area (Å²) >= 11 is 0. The van der Waals surface area contributed by atoms with E-state index in [1.807, 2.05) is 26.8 Å². The Bertz CT molecular complexity index is 775. The highest BCUT2D eigenvalue weighted by Crippen LogP contribution is 2.27. The second-order valence-corrected chi connectivity index (χ2v) is 7.89. The molecular weight excluding hydrogens is 386 g/mol. The van der Waals surface area contributed by atoms with E-state index in [-0.39, 0.29) is 17.7 Å². The molecule has 7 heteroatoms. The van der Waals surface area contributed by atoms with Crippen molar-refractivity contribution in [3.8, 4) is 5.75 Å². The molecule has 2 unspecified atom stereocenters. The Balaban J connectivity index is 1.93. The molecule has 1 aromatic carbocycles. The van der Waals surface area contributed by atoms with Crippen LogP contribution in [0, 0.1) is 19.8 Å². The second kappa shape index (κ2) is 11.0. The third-order valence-electron chi connectivity index (χ3n) is 5.43. The van der Waals surface area contributed by atoms with Gasteiger partial charge in [-0.15, -0.1) is 0 Å². The molecule has 0 aliphatic carbocycles. The van der Waals surface area contributed by atoms with Crippen LogP contribution in [0.3, 0.4) is 0 Å². The van der Waals surface area contributed by atoms with Crippen molar-refractivity contribution in [3.05, 3.63) is 28.8 Å². The van der Waals surface area contributed by atoms with Crippen LogP contribution in [0.1, 0.15) is 67.4 Å². The molecule has 0 N–H and O–H groups in total. The van der Waals surface area contributed by atoms with Crippen LogP contribution >= 0.6 is 0 Å². The number of nitrogens with zero attached hydrogens (tertiary/aromatic N) is 1. The maximum Gasteiger partial charge on any atom is 0.412 e. The number of Topliss-reactive ketones (excluding diaryl/α,β-unsaturated/α-hetero) is 1. The van der Waals surface area contributed by atoms with E-state index in [9.17, 15) is 14.4 Å². The summed E-state index contributed by atoms with van der Waals surface area (Å²) in [6.45, 7) is 8.35. The number of hydrogen-bond donors (Lipinski definition) is 0. The summed E-state index contributed by atoms with van der Waals surface area (Å²) in [5, 5.41) is 0. The first-order valence-corrected chi connectivity index (χ1v) is 10.6. The number of likely N-dealkylation sites (tertiary alicyclic amines) is 1. The molecule has 1 aliphatic rings. The Morgan fingerprint density at radius 3 is 2.60 bits per heavy atom. The fourth-order valence-electron chi connectivity index (χ4n) is 3.67. The third kappa shape index (κ3) is 6.47. The van der Waals surface area contributed by atoms with Crippen molar-refractivity contribution in [3.63, 3.8) is 0 Å². The summed E-state index contributed by atoms with van der Waals surface area (Å²) in [7, 11) is 1.60. The lowest BCUT2D eigenvalue weighted by molar-refractivity contribution is -0.166. The van der Waals surface area contributed by atoms with Gasteiger partial charge in [0.25, 0.3) is 0 Å². The van der Waals surface area contributed by atoms with Gasteiger partial charge in [0.05, 0.1) is 7.11 Å². The van der Waals surface area contributed by atoms with Gasteiger partial charge in [-0.3, -0.25) is 9.59 Å². The third-order valence-corrected chi connectivity index (χ3v) is 5.43. The number of carbonyl (C=O) groups is 3. The van der Waals surface area contributed by atoms with Gasteiger partial charge in [0.2, 0.25) is 6.29 Å². The fourth-order valence-corrected chi connectivity index (χ4v) is 3.67. The van der Waals surface area contributed by atoms with E-state index in [0.717, 1.165) is 24.0 Å². The number of benzene rings is 1. The van der Waals surface area contributed by atoms with E-state index < -0.39 is 12.4 Å². The van der Waals surface area contributed by atoms with Crippen LogP contribution in [0.5, 0.6) is 5.75 Å². The first kappa shape index (κ1) is 23.7. The van der Waals surface area contributed by atoms with E-state index in [4.69, 9.17) is 14.2 Å². The maximum atomic E-state index is 12.8. The monoisotopic (exact) mass is 419 g/mol. The van der Waals surface area contributed by atoms with Gasteiger partial charge < -0.3 is 19.1 Å². The number of ketones is 1. The Morgan fingerprint density at radius 2 is 1.93 bits per heavy atom. The predicted molar refractivity (Wildman–Crippen MR) is 113 cm³/mol. The lowest BCUT2D eigenvalue weighted by Gasteiger charge is -2.32. The van der Waals surface area contributed by atoms with Crippen LogP contribution < -0.4 is 4.74 Å². The van der Waals surface area contributed by atoms with Gasteiger partial charge in [0.15, 0.2) is 5.78 Å². The van der Waals surface area contributed by atoms with Gasteiger partial charge >= 0.3 is 12.1 Å². The number of ether oxygens (including phenoxy) is 3. The first-order chi connectivity index (χ1) is 14.2. The Labute approximate surface area is 178 Å². The van der Waals surface area contributed by atoms with Crippen molar-refractivity contribution in [2.24, 2.45) is 5.92 Å². The van der Waals surface area contributed by atoms with Crippen LogP contribution in [-0.4, -0.2) is 49.2 Å². The zero-order valence-electron chi connectivity index (χ0n) is 18.7. The van der Waals surface area contributed by atoms with Gasteiger partial charge in [0.1, 0.15) is 5.75 Å². The topological polar surface area (TPSA) is 82.1 Å². The van der Waals surface area contributed by atoms with Crippen molar-refractivity contribution >= 4 is 17.8 Å². The zero-order chi connectivity index (χ0) is 22.3. The number of carbonyl (C=O) groups excluding carboxylic acids is 3. The Kier molecular flexibility index (Phi) is 8.69. The predicted octanol–water partition coefficient (Wildman–Crippen LogP) is 4.42. The number of amides is 1. The highest BCUT2D eigenvalue weighted by atomic mass is 16.7.